The van der Waals surface area contributed by atoms with Crippen LogP contribution in [0.4, 0.5) is 5.69 Å². The minimum atomic E-state index is -0.418. The number of nitrogens with one attached hydrogen (secondary N) is 2. The van der Waals surface area contributed by atoms with Crippen LogP contribution in [0.2, 0.25) is 15.1 Å². The summed E-state index contributed by atoms with van der Waals surface area (Å²) >= 11 is 19.3. The third-order valence-corrected chi connectivity index (χ3v) is 6.69. The molecule has 178 valence electrons. The van der Waals surface area contributed by atoms with Crippen LogP contribution in [0.3, 0.4) is 0 Å². The second-order valence-electron chi connectivity index (χ2n) is 7.39. The number of hydrogen-bond donors (Lipinski definition) is 2. The number of carbonyl (C=O) groups excluding carboxylic acids is 2. The minimum absolute atomic E-state index is 0.0515. The lowest BCUT2D eigenvalue weighted by atomic mass is 10.1. The Hall–Kier alpha value is -2.52. The number of rotatable bonds is 9. The van der Waals surface area contributed by atoms with E-state index in [1.165, 1.54) is 23.9 Å². The van der Waals surface area contributed by atoms with Gasteiger partial charge >= 0.3 is 0 Å². The molecule has 0 radical (unpaired) electrons. The van der Waals surface area contributed by atoms with Crippen molar-refractivity contribution in [2.45, 2.75) is 31.6 Å². The van der Waals surface area contributed by atoms with Gasteiger partial charge in [0.2, 0.25) is 5.91 Å². The van der Waals surface area contributed by atoms with Gasteiger partial charge in [0.05, 0.1) is 32.5 Å². The molecule has 2 aromatic carbocycles. The van der Waals surface area contributed by atoms with Crippen LogP contribution >= 0.6 is 46.6 Å². The highest BCUT2D eigenvalue weighted by Gasteiger charge is 2.21. The summed E-state index contributed by atoms with van der Waals surface area (Å²) in [6.07, 6.45) is 1.70. The van der Waals surface area contributed by atoms with E-state index in [9.17, 15) is 9.59 Å². The second kappa shape index (κ2) is 11.8. The quantitative estimate of drug-likeness (QED) is 0.199. The van der Waals surface area contributed by atoms with E-state index in [0.29, 0.717) is 33.8 Å². The summed E-state index contributed by atoms with van der Waals surface area (Å²) in [5.41, 5.74) is 1.92. The molecule has 0 aliphatic carbocycles. The number of aromatic nitrogens is 3. The summed E-state index contributed by atoms with van der Waals surface area (Å²) in [4.78, 5) is 25.1. The lowest BCUT2D eigenvalue weighted by molar-refractivity contribution is -0.113. The van der Waals surface area contributed by atoms with Crippen molar-refractivity contribution in [1.29, 1.82) is 0 Å². The zero-order chi connectivity index (χ0) is 24.8. The molecule has 2 amide bonds. The Labute approximate surface area is 216 Å². The van der Waals surface area contributed by atoms with Gasteiger partial charge in [0.15, 0.2) is 11.0 Å². The summed E-state index contributed by atoms with van der Waals surface area (Å²) in [5, 5.41) is 15.5. The molecular weight excluding hydrogens is 517 g/mol. The van der Waals surface area contributed by atoms with Crippen LogP contribution in [-0.2, 0) is 11.3 Å². The predicted molar refractivity (Wildman–Crippen MR) is 138 cm³/mol. The molecular formula is C23H22Cl3N5O2S. The van der Waals surface area contributed by atoms with Crippen LogP contribution in [0.25, 0.3) is 0 Å². The topological polar surface area (TPSA) is 88.9 Å². The van der Waals surface area contributed by atoms with E-state index < -0.39 is 6.04 Å². The van der Waals surface area contributed by atoms with Crippen molar-refractivity contribution in [2.24, 2.45) is 0 Å². The monoisotopic (exact) mass is 537 g/mol. The fourth-order valence-corrected chi connectivity index (χ4v) is 4.44. The first-order chi connectivity index (χ1) is 16.2. The number of carbonyl (C=O) groups is 2. The Balaban J connectivity index is 1.68. The molecule has 0 saturated carbocycles. The molecule has 1 heterocycles. The van der Waals surface area contributed by atoms with E-state index in [1.54, 1.807) is 16.7 Å². The minimum Gasteiger partial charge on any atom is -0.342 e. The normalized spacial score (nSPS) is 11.7. The number of anilines is 1. The zero-order valence-electron chi connectivity index (χ0n) is 18.4. The number of aryl methyl sites for hydroxylation is 1. The van der Waals surface area contributed by atoms with Crippen LogP contribution < -0.4 is 10.6 Å². The predicted octanol–water partition coefficient (Wildman–Crippen LogP) is 5.95. The molecule has 1 atom stereocenters. The highest BCUT2D eigenvalue weighted by atomic mass is 35.5. The third-order valence-electron chi connectivity index (χ3n) is 4.69. The summed E-state index contributed by atoms with van der Waals surface area (Å²) in [5.74, 6) is 0.0872. The molecule has 0 spiro atoms. The van der Waals surface area contributed by atoms with Gasteiger partial charge < -0.3 is 15.2 Å². The van der Waals surface area contributed by atoms with E-state index in [4.69, 9.17) is 34.8 Å². The van der Waals surface area contributed by atoms with Crippen molar-refractivity contribution in [3.05, 3.63) is 81.1 Å². The van der Waals surface area contributed by atoms with E-state index in [1.807, 2.05) is 32.0 Å². The summed E-state index contributed by atoms with van der Waals surface area (Å²) < 4.78 is 1.80. The van der Waals surface area contributed by atoms with Gasteiger partial charge in [0, 0.05) is 12.1 Å². The number of benzene rings is 2. The Morgan fingerprint density at radius 1 is 1.15 bits per heavy atom. The van der Waals surface area contributed by atoms with E-state index in [-0.39, 0.29) is 27.6 Å². The number of hydrogen-bond acceptors (Lipinski definition) is 5. The number of nitrogens with zero attached hydrogens (tertiary/aromatic N) is 3. The van der Waals surface area contributed by atoms with Gasteiger partial charge in [-0.1, -0.05) is 70.3 Å². The maximum absolute atomic E-state index is 12.6. The van der Waals surface area contributed by atoms with Crippen molar-refractivity contribution in [1.82, 2.24) is 20.1 Å². The fraction of sp³-hybridized carbons (Fsp3) is 0.217. The number of amides is 2. The Morgan fingerprint density at radius 3 is 2.59 bits per heavy atom. The number of halogens is 3. The highest BCUT2D eigenvalue weighted by molar-refractivity contribution is 7.99. The van der Waals surface area contributed by atoms with Crippen molar-refractivity contribution >= 4 is 64.1 Å². The second-order valence-corrected chi connectivity index (χ2v) is 9.55. The largest absolute Gasteiger partial charge is 0.342 e. The molecule has 11 heteroatoms. The lowest BCUT2D eigenvalue weighted by Gasteiger charge is -2.15. The van der Waals surface area contributed by atoms with Crippen molar-refractivity contribution in [3.8, 4) is 0 Å². The van der Waals surface area contributed by atoms with Crippen LogP contribution in [0, 0.1) is 6.92 Å². The summed E-state index contributed by atoms with van der Waals surface area (Å²) in [6, 6.07) is 9.87. The van der Waals surface area contributed by atoms with Crippen molar-refractivity contribution < 1.29 is 9.59 Å². The molecule has 0 bridgehead atoms. The van der Waals surface area contributed by atoms with Gasteiger partial charge in [-0.2, -0.15) is 0 Å². The van der Waals surface area contributed by atoms with Crippen LogP contribution in [0.1, 0.15) is 34.7 Å². The Morgan fingerprint density at radius 2 is 1.88 bits per heavy atom. The molecule has 0 unspecified atom stereocenters. The first kappa shape index (κ1) is 26.1. The maximum Gasteiger partial charge on any atom is 0.251 e. The molecule has 3 aromatic rings. The molecule has 1 aromatic heterocycles. The Bertz CT molecular complexity index is 1230. The smallest absolute Gasteiger partial charge is 0.251 e. The van der Waals surface area contributed by atoms with Crippen LogP contribution in [0.15, 0.2) is 54.2 Å². The average molecular weight is 539 g/mol. The molecule has 7 nitrogen and oxygen atoms in total. The van der Waals surface area contributed by atoms with Gasteiger partial charge in [-0.05, 0) is 38.1 Å². The lowest BCUT2D eigenvalue weighted by Crippen LogP contribution is -2.29. The summed E-state index contributed by atoms with van der Waals surface area (Å²) in [6.45, 7) is 7.94. The van der Waals surface area contributed by atoms with Gasteiger partial charge in [0.25, 0.3) is 5.91 Å². The maximum atomic E-state index is 12.6. The number of thioether (sulfide) groups is 1. The summed E-state index contributed by atoms with van der Waals surface area (Å²) in [7, 11) is 0. The van der Waals surface area contributed by atoms with Crippen molar-refractivity contribution in [2.75, 3.05) is 11.1 Å². The SMILES string of the molecule is C=CCn1c(SCC(=O)Nc2cc(Cl)c(Cl)cc2Cl)nnc1[C@H](C)NC(=O)c1cccc(C)c1. The first-order valence-corrected chi connectivity index (χ1v) is 12.3. The molecule has 0 aliphatic rings. The molecule has 0 fully saturated rings. The van der Waals surface area contributed by atoms with Crippen LogP contribution in [0.5, 0.6) is 0 Å². The molecule has 2 N–H and O–H groups in total. The first-order valence-electron chi connectivity index (χ1n) is 10.2. The van der Waals surface area contributed by atoms with E-state index >= 15 is 0 Å². The third kappa shape index (κ3) is 6.54. The highest BCUT2D eigenvalue weighted by Crippen LogP contribution is 2.32. The van der Waals surface area contributed by atoms with Gasteiger partial charge in [-0.3, -0.25) is 9.59 Å². The van der Waals surface area contributed by atoms with Crippen LogP contribution in [-0.4, -0.2) is 32.3 Å². The molecule has 34 heavy (non-hydrogen) atoms. The zero-order valence-corrected chi connectivity index (χ0v) is 21.5. The van der Waals surface area contributed by atoms with E-state index in [0.717, 1.165) is 5.56 Å². The Kier molecular flexibility index (Phi) is 9.02. The average Bonchev–Trinajstić information content (AvgIpc) is 3.19. The number of allylic oxidation sites excluding steroid dienone is 1. The van der Waals surface area contributed by atoms with E-state index in [2.05, 4.69) is 27.4 Å². The molecule has 0 aliphatic heterocycles. The van der Waals surface area contributed by atoms with Gasteiger partial charge in [0.1, 0.15) is 0 Å². The fourth-order valence-electron chi connectivity index (χ4n) is 3.09. The standard InChI is InChI=1S/C23H22Cl3N5O2S/c1-4-8-31-21(14(3)27-22(33)15-7-5-6-13(2)9-15)29-30-23(31)34-12-20(32)28-19-11-17(25)16(24)10-18(19)26/h4-7,9-11,14H,1,8,12H2,2-3H3,(H,27,33)(H,28,32)/t14-/m0/s1. The van der Waals surface area contributed by atoms with Crippen molar-refractivity contribution in [3.63, 3.8) is 0 Å². The van der Waals surface area contributed by atoms with Gasteiger partial charge in [-0.25, -0.2) is 0 Å². The molecule has 0 saturated heterocycles. The van der Waals surface area contributed by atoms with Gasteiger partial charge in [-0.15, -0.1) is 16.8 Å². The molecule has 3 rings (SSSR count).